The second kappa shape index (κ2) is 8.77. The van der Waals surface area contributed by atoms with Gasteiger partial charge in [-0.05, 0) is 24.1 Å². The zero-order chi connectivity index (χ0) is 17.4. The summed E-state index contributed by atoms with van der Waals surface area (Å²) >= 11 is 0. The van der Waals surface area contributed by atoms with Gasteiger partial charge in [-0.3, -0.25) is 4.79 Å². The van der Waals surface area contributed by atoms with Crippen LogP contribution >= 0.6 is 0 Å². The van der Waals surface area contributed by atoms with Crippen LogP contribution in [-0.4, -0.2) is 31.5 Å². The lowest BCUT2D eigenvalue weighted by atomic mass is 10.1. The largest absolute Gasteiger partial charge is 0.492 e. The van der Waals surface area contributed by atoms with Gasteiger partial charge in [0.05, 0.1) is 6.61 Å². The Kier molecular flexibility index (Phi) is 6.43. The van der Waals surface area contributed by atoms with E-state index in [1.54, 1.807) is 32.3 Å². The molecule has 4 heteroatoms. The van der Waals surface area contributed by atoms with Gasteiger partial charge in [0.15, 0.2) is 0 Å². The minimum Gasteiger partial charge on any atom is -0.492 e. The predicted molar refractivity (Wildman–Crippen MR) is 95.5 cm³/mol. The second-order valence-electron chi connectivity index (χ2n) is 5.53. The Morgan fingerprint density at radius 3 is 2.33 bits per heavy atom. The molecule has 0 spiro atoms. The summed E-state index contributed by atoms with van der Waals surface area (Å²) in [6.45, 7) is 4.54. The molecule has 126 valence electrons. The third-order valence-electron chi connectivity index (χ3n) is 3.42. The Bertz CT molecular complexity index is 681. The van der Waals surface area contributed by atoms with Crippen molar-refractivity contribution >= 4 is 5.91 Å². The van der Waals surface area contributed by atoms with E-state index in [1.807, 2.05) is 36.4 Å². The maximum absolute atomic E-state index is 12.6. The fourth-order valence-corrected chi connectivity index (χ4v) is 2.17. The van der Waals surface area contributed by atoms with Crippen molar-refractivity contribution in [2.24, 2.45) is 0 Å². The summed E-state index contributed by atoms with van der Waals surface area (Å²) in [6.07, 6.45) is 2.49. The smallest absolute Gasteiger partial charge is 0.260 e. The lowest BCUT2D eigenvalue weighted by Gasteiger charge is -2.18. The Hall–Kier alpha value is -2.75. The first kappa shape index (κ1) is 17.6. The van der Waals surface area contributed by atoms with Crippen LogP contribution < -0.4 is 9.47 Å². The molecule has 0 heterocycles. The van der Waals surface area contributed by atoms with Crippen molar-refractivity contribution < 1.29 is 14.3 Å². The molecule has 0 unspecified atom stereocenters. The number of hydrogen-bond donors (Lipinski definition) is 0. The topological polar surface area (TPSA) is 38.8 Å². The molecule has 0 saturated heterocycles. The standard InChI is InChI=1S/C20H23NO3/c1-4-5-14-23-17-12-9-13-18(19(17)20(22)21(2)3)24-15-16-10-7-6-8-11-16/h4,6-13H,1,5,14-15H2,2-3H3. The SMILES string of the molecule is C=CCCOc1cccc(OCc2ccccc2)c1C(=O)N(C)C. The molecular weight excluding hydrogens is 302 g/mol. The Morgan fingerprint density at radius 1 is 1.04 bits per heavy atom. The van der Waals surface area contributed by atoms with Crippen molar-refractivity contribution in [1.82, 2.24) is 4.90 Å². The number of carbonyl (C=O) groups is 1. The molecule has 0 saturated carbocycles. The van der Waals surface area contributed by atoms with Crippen molar-refractivity contribution in [3.05, 3.63) is 72.3 Å². The number of amides is 1. The summed E-state index contributed by atoms with van der Waals surface area (Å²) in [7, 11) is 3.42. The molecule has 4 nitrogen and oxygen atoms in total. The van der Waals surface area contributed by atoms with Gasteiger partial charge in [0.25, 0.3) is 5.91 Å². The van der Waals surface area contributed by atoms with E-state index >= 15 is 0 Å². The summed E-state index contributed by atoms with van der Waals surface area (Å²) < 4.78 is 11.6. The minimum absolute atomic E-state index is 0.146. The van der Waals surface area contributed by atoms with Gasteiger partial charge in [0.2, 0.25) is 0 Å². The highest BCUT2D eigenvalue weighted by molar-refractivity contribution is 5.99. The highest BCUT2D eigenvalue weighted by atomic mass is 16.5. The number of ether oxygens (including phenoxy) is 2. The Morgan fingerprint density at radius 2 is 1.71 bits per heavy atom. The van der Waals surface area contributed by atoms with E-state index in [0.717, 1.165) is 5.56 Å². The van der Waals surface area contributed by atoms with Crippen LogP contribution in [0, 0.1) is 0 Å². The normalized spacial score (nSPS) is 10.1. The van der Waals surface area contributed by atoms with Crippen LogP contribution in [0.2, 0.25) is 0 Å². The molecule has 0 bridgehead atoms. The molecule has 0 aliphatic carbocycles. The van der Waals surface area contributed by atoms with Crippen molar-refractivity contribution in [3.8, 4) is 11.5 Å². The fourth-order valence-electron chi connectivity index (χ4n) is 2.17. The van der Waals surface area contributed by atoms with Crippen LogP contribution in [0.3, 0.4) is 0 Å². The van der Waals surface area contributed by atoms with E-state index in [9.17, 15) is 4.79 Å². The first-order valence-corrected chi connectivity index (χ1v) is 7.88. The van der Waals surface area contributed by atoms with Crippen molar-refractivity contribution in [2.45, 2.75) is 13.0 Å². The van der Waals surface area contributed by atoms with Crippen LogP contribution in [0.1, 0.15) is 22.3 Å². The molecule has 0 radical (unpaired) electrons. The number of rotatable bonds is 8. The molecule has 0 aliphatic heterocycles. The molecule has 2 rings (SSSR count). The van der Waals surface area contributed by atoms with Gasteiger partial charge in [0, 0.05) is 14.1 Å². The number of carbonyl (C=O) groups excluding carboxylic acids is 1. The molecule has 0 atom stereocenters. The lowest BCUT2D eigenvalue weighted by Crippen LogP contribution is -2.23. The zero-order valence-electron chi connectivity index (χ0n) is 14.2. The van der Waals surface area contributed by atoms with Gasteiger partial charge < -0.3 is 14.4 Å². The Balaban J connectivity index is 2.26. The summed E-state index contributed by atoms with van der Waals surface area (Å²) in [5.41, 5.74) is 1.49. The highest BCUT2D eigenvalue weighted by Crippen LogP contribution is 2.30. The van der Waals surface area contributed by atoms with Crippen LogP contribution in [0.15, 0.2) is 61.2 Å². The van der Waals surface area contributed by atoms with Crippen molar-refractivity contribution in [1.29, 1.82) is 0 Å². The monoisotopic (exact) mass is 325 g/mol. The average Bonchev–Trinajstić information content (AvgIpc) is 2.60. The number of hydrogen-bond acceptors (Lipinski definition) is 3. The predicted octanol–water partition coefficient (Wildman–Crippen LogP) is 3.92. The van der Waals surface area contributed by atoms with Crippen LogP contribution in [0.4, 0.5) is 0 Å². The van der Waals surface area contributed by atoms with E-state index in [4.69, 9.17) is 9.47 Å². The third kappa shape index (κ3) is 4.62. The maximum Gasteiger partial charge on any atom is 0.260 e. The van der Waals surface area contributed by atoms with Crippen molar-refractivity contribution in [3.63, 3.8) is 0 Å². The van der Waals surface area contributed by atoms with E-state index in [2.05, 4.69) is 6.58 Å². The molecule has 0 fully saturated rings. The van der Waals surface area contributed by atoms with Gasteiger partial charge in [-0.2, -0.15) is 0 Å². The molecule has 24 heavy (non-hydrogen) atoms. The first-order valence-electron chi connectivity index (χ1n) is 7.88. The zero-order valence-corrected chi connectivity index (χ0v) is 14.2. The molecule has 0 aromatic heterocycles. The van der Waals surface area contributed by atoms with Crippen LogP contribution in [-0.2, 0) is 6.61 Å². The maximum atomic E-state index is 12.6. The summed E-state index contributed by atoms with van der Waals surface area (Å²) in [6, 6.07) is 15.2. The molecule has 0 N–H and O–H groups in total. The van der Waals surface area contributed by atoms with Crippen LogP contribution in [0.5, 0.6) is 11.5 Å². The van der Waals surface area contributed by atoms with E-state index < -0.39 is 0 Å². The van der Waals surface area contributed by atoms with Crippen molar-refractivity contribution in [2.75, 3.05) is 20.7 Å². The molecule has 0 aliphatic rings. The number of benzene rings is 2. The second-order valence-corrected chi connectivity index (χ2v) is 5.53. The quantitative estimate of drug-likeness (QED) is 0.545. The van der Waals surface area contributed by atoms with Gasteiger partial charge in [0.1, 0.15) is 23.7 Å². The van der Waals surface area contributed by atoms with E-state index in [0.29, 0.717) is 36.7 Å². The average molecular weight is 325 g/mol. The van der Waals surface area contributed by atoms with Gasteiger partial charge in [-0.15, -0.1) is 6.58 Å². The van der Waals surface area contributed by atoms with E-state index in [1.165, 1.54) is 4.90 Å². The third-order valence-corrected chi connectivity index (χ3v) is 3.42. The lowest BCUT2D eigenvalue weighted by molar-refractivity contribution is 0.0818. The van der Waals surface area contributed by atoms with Gasteiger partial charge >= 0.3 is 0 Å². The highest BCUT2D eigenvalue weighted by Gasteiger charge is 2.20. The minimum atomic E-state index is -0.146. The van der Waals surface area contributed by atoms with Gasteiger partial charge in [-0.25, -0.2) is 0 Å². The molecule has 2 aromatic rings. The number of nitrogens with zero attached hydrogens (tertiary/aromatic N) is 1. The Labute approximate surface area is 143 Å². The first-order chi connectivity index (χ1) is 11.6. The summed E-state index contributed by atoms with van der Waals surface area (Å²) in [5.74, 6) is 0.905. The fraction of sp³-hybridized carbons (Fsp3) is 0.250. The van der Waals surface area contributed by atoms with E-state index in [-0.39, 0.29) is 5.91 Å². The molecule has 2 aromatic carbocycles. The summed E-state index contributed by atoms with van der Waals surface area (Å²) in [4.78, 5) is 14.1. The molecular formula is C20H23NO3. The van der Waals surface area contributed by atoms with Gasteiger partial charge in [-0.1, -0.05) is 42.5 Å². The molecule has 1 amide bonds. The summed E-state index contributed by atoms with van der Waals surface area (Å²) in [5, 5.41) is 0. The van der Waals surface area contributed by atoms with Crippen LogP contribution in [0.25, 0.3) is 0 Å².